The lowest BCUT2D eigenvalue weighted by Gasteiger charge is -2.33. The molecule has 1 aliphatic rings. The quantitative estimate of drug-likeness (QED) is 0.634. The van der Waals surface area contributed by atoms with E-state index in [2.05, 4.69) is 26.1 Å². The molecule has 1 aliphatic carbocycles. The van der Waals surface area contributed by atoms with E-state index in [1.54, 1.807) is 0 Å². The summed E-state index contributed by atoms with van der Waals surface area (Å²) in [6, 6.07) is 0.663. The monoisotopic (exact) mass is 141 g/mol. The molecule has 60 valence electrons. The van der Waals surface area contributed by atoms with Crippen LogP contribution in [0.2, 0.25) is 0 Å². The second-order valence-corrected chi connectivity index (χ2v) is 4.01. The topological polar surface area (TPSA) is 12.0 Å². The van der Waals surface area contributed by atoms with Crippen LogP contribution in [0.1, 0.15) is 33.6 Å². The summed E-state index contributed by atoms with van der Waals surface area (Å²) in [7, 11) is 0. The predicted octanol–water partition coefficient (Wildman–Crippen LogP) is 2.03. The van der Waals surface area contributed by atoms with Crippen molar-refractivity contribution in [1.29, 1.82) is 0 Å². The molecule has 0 bridgehead atoms. The Morgan fingerprint density at radius 3 is 2.40 bits per heavy atom. The lowest BCUT2D eigenvalue weighted by molar-refractivity contribution is 0.203. The maximum Gasteiger partial charge on any atom is 0.00104 e. The van der Waals surface area contributed by atoms with E-state index in [0.29, 0.717) is 6.04 Å². The fourth-order valence-electron chi connectivity index (χ4n) is 1.64. The highest BCUT2D eigenvalue weighted by Crippen LogP contribution is 2.32. The molecule has 0 unspecified atom stereocenters. The molecule has 0 aromatic carbocycles. The van der Waals surface area contributed by atoms with Crippen molar-refractivity contribution < 1.29 is 0 Å². The lowest BCUT2D eigenvalue weighted by atomic mass is 9.76. The third-order valence-electron chi connectivity index (χ3n) is 2.29. The largest absolute Gasteiger partial charge is 0.314 e. The van der Waals surface area contributed by atoms with Crippen molar-refractivity contribution >= 4 is 0 Å². The molecule has 0 aromatic heterocycles. The average molecular weight is 141 g/mol. The van der Waals surface area contributed by atoms with Crippen molar-refractivity contribution in [3.8, 4) is 0 Å². The predicted molar refractivity (Wildman–Crippen MR) is 45.0 cm³/mol. The Morgan fingerprint density at radius 2 is 2.00 bits per heavy atom. The van der Waals surface area contributed by atoms with Crippen LogP contribution in [-0.4, -0.2) is 12.6 Å². The molecule has 1 saturated carbocycles. The second kappa shape index (κ2) is 3.38. The fourth-order valence-corrected chi connectivity index (χ4v) is 1.64. The zero-order valence-corrected chi connectivity index (χ0v) is 7.35. The van der Waals surface area contributed by atoms with Crippen LogP contribution < -0.4 is 5.32 Å². The first-order chi connectivity index (χ1) is 4.68. The molecular weight excluding hydrogens is 122 g/mol. The first-order valence-electron chi connectivity index (χ1n) is 4.42. The third kappa shape index (κ3) is 2.30. The van der Waals surface area contributed by atoms with Gasteiger partial charge in [0.2, 0.25) is 0 Å². The van der Waals surface area contributed by atoms with E-state index in [-0.39, 0.29) is 0 Å². The van der Waals surface area contributed by atoms with Crippen molar-refractivity contribution in [3.05, 3.63) is 0 Å². The molecule has 0 saturated heterocycles. The Hall–Kier alpha value is -0.0400. The molecule has 0 radical (unpaired) electrons. The van der Waals surface area contributed by atoms with E-state index < -0.39 is 0 Å². The maximum atomic E-state index is 3.47. The summed E-state index contributed by atoms with van der Waals surface area (Å²) in [6.45, 7) is 8.00. The van der Waals surface area contributed by atoms with Crippen LogP contribution in [0.15, 0.2) is 0 Å². The summed E-state index contributed by atoms with van der Waals surface area (Å²) >= 11 is 0. The minimum atomic E-state index is 0.663. The van der Waals surface area contributed by atoms with Gasteiger partial charge in [0, 0.05) is 6.04 Å². The van der Waals surface area contributed by atoms with Gasteiger partial charge in [-0.2, -0.15) is 0 Å². The normalized spacial score (nSPS) is 32.4. The van der Waals surface area contributed by atoms with E-state index in [9.17, 15) is 0 Å². The zero-order chi connectivity index (χ0) is 7.56. The molecule has 1 nitrogen and oxygen atoms in total. The highest BCUT2D eigenvalue weighted by Gasteiger charge is 2.24. The summed E-state index contributed by atoms with van der Waals surface area (Å²) < 4.78 is 0. The van der Waals surface area contributed by atoms with Gasteiger partial charge in [0.15, 0.2) is 0 Å². The van der Waals surface area contributed by atoms with Gasteiger partial charge in [-0.05, 0) is 31.2 Å². The van der Waals surface area contributed by atoms with Crippen molar-refractivity contribution in [2.45, 2.75) is 39.7 Å². The average Bonchev–Trinajstić information content (AvgIpc) is 1.77. The van der Waals surface area contributed by atoms with Crippen molar-refractivity contribution in [1.82, 2.24) is 5.32 Å². The maximum absolute atomic E-state index is 3.47. The number of rotatable bonds is 3. The Bertz CT molecular complexity index is 92.9. The second-order valence-electron chi connectivity index (χ2n) is 4.01. The van der Waals surface area contributed by atoms with Gasteiger partial charge >= 0.3 is 0 Å². The van der Waals surface area contributed by atoms with Crippen molar-refractivity contribution in [2.75, 3.05) is 6.54 Å². The molecule has 0 spiro atoms. The van der Waals surface area contributed by atoms with E-state index >= 15 is 0 Å². The van der Waals surface area contributed by atoms with Gasteiger partial charge in [-0.15, -0.1) is 0 Å². The van der Waals surface area contributed by atoms with Crippen LogP contribution in [-0.2, 0) is 0 Å². The summed E-state index contributed by atoms with van der Waals surface area (Å²) in [5.74, 6) is 1.98. The fraction of sp³-hybridized carbons (Fsp3) is 1.00. The number of hydrogen-bond donors (Lipinski definition) is 1. The molecule has 1 heteroatoms. The van der Waals surface area contributed by atoms with Gasteiger partial charge < -0.3 is 5.32 Å². The summed E-state index contributed by atoms with van der Waals surface area (Å²) in [4.78, 5) is 0. The summed E-state index contributed by atoms with van der Waals surface area (Å²) in [5, 5.41) is 3.47. The summed E-state index contributed by atoms with van der Waals surface area (Å²) in [5.41, 5.74) is 0. The molecule has 0 heterocycles. The van der Waals surface area contributed by atoms with E-state index in [0.717, 1.165) is 11.8 Å². The minimum Gasteiger partial charge on any atom is -0.314 e. The first-order valence-corrected chi connectivity index (χ1v) is 4.42. The Kier molecular flexibility index (Phi) is 2.72. The van der Waals surface area contributed by atoms with Crippen LogP contribution in [0.3, 0.4) is 0 Å². The molecule has 1 rings (SSSR count). The smallest absolute Gasteiger partial charge is 0.00104 e. The van der Waals surface area contributed by atoms with Crippen LogP contribution in [0.4, 0.5) is 0 Å². The van der Waals surface area contributed by atoms with Gasteiger partial charge in [-0.1, -0.05) is 20.8 Å². The minimum absolute atomic E-state index is 0.663. The van der Waals surface area contributed by atoms with Crippen molar-refractivity contribution in [3.63, 3.8) is 0 Å². The lowest BCUT2D eigenvalue weighted by Crippen LogP contribution is -2.35. The van der Waals surface area contributed by atoms with Crippen molar-refractivity contribution in [2.24, 2.45) is 11.8 Å². The van der Waals surface area contributed by atoms with Crippen LogP contribution in [0, 0.1) is 11.8 Å². The summed E-state index contributed by atoms with van der Waals surface area (Å²) in [6.07, 6.45) is 2.89. The van der Waals surface area contributed by atoms with Gasteiger partial charge in [-0.25, -0.2) is 0 Å². The van der Waals surface area contributed by atoms with Crippen LogP contribution in [0.5, 0.6) is 0 Å². The van der Waals surface area contributed by atoms with Gasteiger partial charge in [0.1, 0.15) is 0 Å². The van der Waals surface area contributed by atoms with E-state index in [4.69, 9.17) is 0 Å². The molecule has 1 fully saturated rings. The molecule has 10 heavy (non-hydrogen) atoms. The van der Waals surface area contributed by atoms with E-state index in [1.807, 2.05) is 0 Å². The van der Waals surface area contributed by atoms with Gasteiger partial charge in [0.05, 0.1) is 0 Å². The molecule has 0 atom stereocenters. The molecule has 1 N–H and O–H groups in total. The van der Waals surface area contributed by atoms with E-state index in [1.165, 1.54) is 19.4 Å². The highest BCUT2D eigenvalue weighted by molar-refractivity contribution is 4.78. The molecule has 0 aromatic rings. The Morgan fingerprint density at radius 1 is 1.40 bits per heavy atom. The molecular formula is C9H19N. The SMILES string of the molecule is CC1CC(CNC(C)C)C1. The Balaban J connectivity index is 1.95. The van der Waals surface area contributed by atoms with Gasteiger partial charge in [0.25, 0.3) is 0 Å². The van der Waals surface area contributed by atoms with Crippen LogP contribution in [0.25, 0.3) is 0 Å². The number of nitrogens with one attached hydrogen (secondary N) is 1. The standard InChI is InChI=1S/C9H19N/c1-7(2)10-6-9-4-8(3)5-9/h7-10H,4-6H2,1-3H3. The van der Waals surface area contributed by atoms with Crippen LogP contribution >= 0.6 is 0 Å². The first kappa shape index (κ1) is 8.06. The van der Waals surface area contributed by atoms with Gasteiger partial charge in [-0.3, -0.25) is 0 Å². The molecule has 0 amide bonds. The molecule has 0 aliphatic heterocycles. The Labute approximate surface area is 64.2 Å². The highest BCUT2D eigenvalue weighted by atomic mass is 14.9. The third-order valence-corrected chi connectivity index (χ3v) is 2.29. The zero-order valence-electron chi connectivity index (χ0n) is 7.35. The number of hydrogen-bond acceptors (Lipinski definition) is 1.